The van der Waals surface area contributed by atoms with Crippen molar-refractivity contribution >= 4 is 37.0 Å². The number of hydrogen-bond donors (Lipinski definition) is 0. The lowest BCUT2D eigenvalue weighted by Gasteiger charge is -2.07. The average molecular weight is 328 g/mol. The molecule has 2 unspecified atom stereocenters. The Morgan fingerprint density at radius 3 is 3.00 bits per heavy atom. The van der Waals surface area contributed by atoms with Gasteiger partial charge < -0.3 is 14.0 Å². The van der Waals surface area contributed by atoms with Crippen molar-refractivity contribution in [3.05, 3.63) is 0 Å². The Morgan fingerprint density at radius 1 is 1.32 bits per heavy atom. The van der Waals surface area contributed by atoms with Gasteiger partial charge in [0.2, 0.25) is 0 Å². The topological polar surface area (TPSA) is 44.8 Å². The van der Waals surface area contributed by atoms with Crippen molar-refractivity contribution in [2.24, 2.45) is 0 Å². The van der Waals surface area contributed by atoms with E-state index in [4.69, 9.17) is 15.3 Å². The zero-order chi connectivity index (χ0) is 14.5. The molecule has 1 aliphatic heterocycles. The van der Waals surface area contributed by atoms with E-state index in [-0.39, 0.29) is 15.4 Å². The highest BCUT2D eigenvalue weighted by atomic mass is 33.1. The summed E-state index contributed by atoms with van der Waals surface area (Å²) in [6, 6.07) is 0. The van der Waals surface area contributed by atoms with Crippen LogP contribution in [0.4, 0.5) is 0 Å². The lowest BCUT2D eigenvalue weighted by Crippen LogP contribution is -2.12. The maximum atomic E-state index is 11.4. The molecule has 1 saturated heterocycles. The number of carbonyl (C=O) groups excluding carboxylic acids is 1. The van der Waals surface area contributed by atoms with E-state index in [1.165, 1.54) is 18.6 Å². The Bertz CT molecular complexity index is 256. The molecule has 1 fully saturated rings. The Kier molecular flexibility index (Phi) is 10.3. The summed E-state index contributed by atoms with van der Waals surface area (Å²) in [5.41, 5.74) is 0. The molecule has 0 aromatic heterocycles. The first-order chi connectivity index (χ1) is 9.83. The molecule has 112 valence electrons. The number of ether oxygens (including phenoxy) is 2. The summed E-state index contributed by atoms with van der Waals surface area (Å²) < 4.78 is 21.9. The van der Waals surface area contributed by atoms with Crippen LogP contribution in [0.15, 0.2) is 0 Å². The molecular weight excluding hydrogens is 303 g/mol. The molecule has 0 radical (unpaired) electrons. The summed E-state index contributed by atoms with van der Waals surface area (Å²) in [6.45, 7) is 1.57. The molecule has 1 rings (SSSR count). The minimum atomic E-state index is -0.251. The molecule has 0 aliphatic carbocycles. The number of rotatable bonds is 12. The second-order valence-electron chi connectivity index (χ2n) is 4.26. The third kappa shape index (κ3) is 9.97. The van der Waals surface area contributed by atoms with Gasteiger partial charge in [0.1, 0.15) is 6.61 Å². The van der Waals surface area contributed by atoms with Gasteiger partial charge in [0.05, 0.1) is 21.1 Å². The quantitative estimate of drug-likeness (QED) is 0.237. The zero-order valence-corrected chi connectivity index (χ0v) is 13.7. The van der Waals surface area contributed by atoms with E-state index < -0.39 is 0 Å². The Balaban J connectivity index is 1.80. The minimum absolute atomic E-state index is 0.133. The van der Waals surface area contributed by atoms with Gasteiger partial charge in [-0.3, -0.25) is 4.79 Å². The van der Waals surface area contributed by atoms with Crippen LogP contribution in [-0.2, 0) is 18.8 Å². The van der Waals surface area contributed by atoms with E-state index >= 15 is 0 Å². The van der Waals surface area contributed by atoms with Crippen molar-refractivity contribution in [3.8, 4) is 0 Å². The monoisotopic (exact) mass is 328 g/mol. The Morgan fingerprint density at radius 2 is 2.21 bits per heavy atom. The van der Waals surface area contributed by atoms with Gasteiger partial charge in [-0.15, -0.1) is 0 Å². The van der Waals surface area contributed by atoms with Crippen LogP contribution in [0.25, 0.3) is 0 Å². The lowest BCUT2D eigenvalue weighted by molar-refractivity contribution is -0.145. The first kappa shape index (κ1) is 15.9. The number of unbranched alkanes of at least 4 members (excludes halogenated alkanes) is 1. The molecule has 1 heterocycles. The van der Waals surface area contributed by atoms with Gasteiger partial charge in [0.15, 0.2) is 0 Å². The highest BCUT2D eigenvalue weighted by Gasteiger charge is 2.15. The summed E-state index contributed by atoms with van der Waals surface area (Å²) >= 11 is 0. The Labute approximate surface area is 127 Å². The summed E-state index contributed by atoms with van der Waals surface area (Å²) in [5, 5.41) is 0.788. The van der Waals surface area contributed by atoms with Crippen LogP contribution in [-0.4, -0.2) is 44.7 Å². The smallest absolute Gasteiger partial charge is 0.305 e. The fourth-order valence-electron chi connectivity index (χ4n) is 1.70. The van der Waals surface area contributed by atoms with Crippen LogP contribution in [0, 0.1) is 0 Å². The third-order valence-electron chi connectivity index (χ3n) is 2.70. The summed E-state index contributed by atoms with van der Waals surface area (Å²) in [6.07, 6.45) is 5.05. The van der Waals surface area contributed by atoms with Gasteiger partial charge in [-0.25, -0.2) is 0 Å². The first-order valence-corrected chi connectivity index (χ1v) is 9.42. The van der Waals surface area contributed by atoms with Crippen molar-refractivity contribution in [2.45, 2.75) is 37.4 Å². The van der Waals surface area contributed by atoms with E-state index in [0.29, 0.717) is 32.8 Å². The van der Waals surface area contributed by atoms with Gasteiger partial charge in [-0.1, -0.05) is 28.0 Å². The average Bonchev–Trinajstić information content (AvgIpc) is 2.96. The fourth-order valence-corrected chi connectivity index (χ4v) is 4.81. The molecule has 0 spiro atoms. The molecule has 0 bridgehead atoms. The van der Waals surface area contributed by atoms with Gasteiger partial charge in [0.25, 0.3) is 0 Å². The molecule has 2 atom stereocenters. The molecule has 0 saturated carbocycles. The third-order valence-corrected chi connectivity index (χ3v) is 5.92. The molecule has 0 aromatic rings. The number of esters is 1. The molecule has 0 aromatic carbocycles. The molecule has 1 aliphatic rings. The highest BCUT2D eigenvalue weighted by molar-refractivity contribution is 8.77. The van der Waals surface area contributed by atoms with Gasteiger partial charge in [-0.05, 0) is 19.3 Å². The molecule has 7 heteroatoms. The maximum absolute atomic E-state index is 11.4. The SMILES string of the molecule is [3H]POCCOCCOC(=O)CCCCC1CCSS1. The summed E-state index contributed by atoms with van der Waals surface area (Å²) in [7, 11) is 3.70. The molecule has 0 N–H and O–H groups in total. The van der Waals surface area contributed by atoms with Crippen molar-refractivity contribution in [1.29, 1.82) is 1.28 Å². The summed E-state index contributed by atoms with van der Waals surface area (Å²) in [4.78, 5) is 11.4. The minimum Gasteiger partial charge on any atom is -0.463 e. The highest BCUT2D eigenvalue weighted by Crippen LogP contribution is 2.39. The molecule has 4 nitrogen and oxygen atoms in total. The van der Waals surface area contributed by atoms with Crippen LogP contribution in [0.3, 0.4) is 0 Å². The predicted octanol–water partition coefficient (Wildman–Crippen LogP) is 3.07. The molecule has 19 heavy (non-hydrogen) atoms. The van der Waals surface area contributed by atoms with Crippen LogP contribution in [0.1, 0.15) is 32.1 Å². The normalized spacial score (nSPS) is 20.0. The van der Waals surface area contributed by atoms with Crippen LogP contribution < -0.4 is 0 Å². The zero-order valence-electron chi connectivity index (χ0n) is 12.1. The lowest BCUT2D eigenvalue weighted by atomic mass is 10.1. The van der Waals surface area contributed by atoms with E-state index in [2.05, 4.69) is 0 Å². The van der Waals surface area contributed by atoms with Crippen molar-refractivity contribution in [3.63, 3.8) is 0 Å². The van der Waals surface area contributed by atoms with Gasteiger partial charge in [-0.2, -0.15) is 0 Å². The summed E-state index contributed by atoms with van der Waals surface area (Å²) in [5.74, 6) is 1.14. The second kappa shape index (κ2) is 12.3. The fraction of sp³-hybridized carbons (Fsp3) is 0.917. The van der Waals surface area contributed by atoms with Crippen LogP contribution >= 0.6 is 31.0 Å². The molecular formula is C12H23O4PS2. The molecule has 0 amide bonds. The van der Waals surface area contributed by atoms with Crippen molar-refractivity contribution in [1.82, 2.24) is 0 Å². The van der Waals surface area contributed by atoms with Crippen LogP contribution in [0.5, 0.6) is 0 Å². The van der Waals surface area contributed by atoms with Crippen molar-refractivity contribution < 1.29 is 18.8 Å². The first-order valence-electron chi connectivity index (χ1n) is 7.13. The van der Waals surface area contributed by atoms with Gasteiger partial charge in [0, 0.05) is 26.8 Å². The largest absolute Gasteiger partial charge is 0.463 e. The van der Waals surface area contributed by atoms with E-state index in [9.17, 15) is 4.79 Å². The van der Waals surface area contributed by atoms with Crippen molar-refractivity contribution in [2.75, 3.05) is 32.2 Å². The van der Waals surface area contributed by atoms with E-state index in [1.807, 2.05) is 21.6 Å². The van der Waals surface area contributed by atoms with Gasteiger partial charge >= 0.3 is 5.97 Å². The van der Waals surface area contributed by atoms with Crippen LogP contribution in [0.2, 0.25) is 0 Å². The standard InChI is InChI=1S/C12H23O4PS2/c13-12(15-8-6-14-7-9-16-17)4-2-1-3-11-5-10-18-19-11/h11H,1-10,17H2/i17T. The number of hydrogen-bond acceptors (Lipinski definition) is 6. The van der Waals surface area contributed by atoms with E-state index in [1.54, 1.807) is 0 Å². The second-order valence-corrected chi connectivity index (χ2v) is 7.33. The Hall–Kier alpha value is 0.520. The maximum Gasteiger partial charge on any atom is 0.305 e. The number of carbonyl (C=O) groups is 1. The predicted molar refractivity (Wildman–Crippen MR) is 84.4 cm³/mol. The van der Waals surface area contributed by atoms with E-state index in [0.717, 1.165) is 18.1 Å².